The van der Waals surface area contributed by atoms with Crippen LogP contribution in [-0.4, -0.2) is 60.0 Å². The monoisotopic (exact) mass is 396 g/mol. The molecular weight excluding hydrogens is 368 g/mol. The average molecular weight is 396 g/mol. The van der Waals surface area contributed by atoms with Gasteiger partial charge < -0.3 is 19.3 Å². The van der Waals surface area contributed by atoms with Gasteiger partial charge in [-0.1, -0.05) is 36.4 Å². The van der Waals surface area contributed by atoms with Crippen LogP contribution >= 0.6 is 0 Å². The van der Waals surface area contributed by atoms with Crippen molar-refractivity contribution in [3.63, 3.8) is 0 Å². The Morgan fingerprint density at radius 2 is 1.07 bits per heavy atom. The number of nitrogens with zero attached hydrogens (tertiary/aromatic N) is 2. The highest BCUT2D eigenvalue weighted by Crippen LogP contribution is 2.15. The van der Waals surface area contributed by atoms with E-state index in [1.165, 1.54) is 0 Å². The second-order valence-corrected chi connectivity index (χ2v) is 7.15. The van der Waals surface area contributed by atoms with Crippen molar-refractivity contribution >= 4 is 11.8 Å². The van der Waals surface area contributed by atoms with Crippen LogP contribution < -0.4 is 9.47 Å². The van der Waals surface area contributed by atoms with E-state index in [0.717, 1.165) is 6.42 Å². The molecule has 29 heavy (non-hydrogen) atoms. The Morgan fingerprint density at radius 1 is 0.690 bits per heavy atom. The minimum atomic E-state index is -0.569. The molecule has 0 aliphatic carbocycles. The zero-order valence-corrected chi connectivity index (χ0v) is 17.0. The molecule has 0 N–H and O–H groups in total. The molecule has 0 radical (unpaired) electrons. The van der Waals surface area contributed by atoms with E-state index in [1.54, 1.807) is 23.6 Å². The van der Waals surface area contributed by atoms with E-state index in [0.29, 0.717) is 37.7 Å². The van der Waals surface area contributed by atoms with Gasteiger partial charge in [0.05, 0.1) is 0 Å². The predicted octanol–water partition coefficient (Wildman–Crippen LogP) is 2.98. The Labute approximate surface area is 172 Å². The molecule has 3 rings (SSSR count). The first-order chi connectivity index (χ1) is 14.0. The van der Waals surface area contributed by atoms with Gasteiger partial charge in [0.25, 0.3) is 11.8 Å². The van der Waals surface area contributed by atoms with Crippen molar-refractivity contribution in [3.05, 3.63) is 60.7 Å². The average Bonchev–Trinajstić information content (AvgIpc) is 3.00. The Bertz CT molecular complexity index is 730. The minimum absolute atomic E-state index is 0.0586. The van der Waals surface area contributed by atoms with E-state index >= 15 is 0 Å². The zero-order chi connectivity index (χ0) is 20.6. The second-order valence-electron chi connectivity index (χ2n) is 7.15. The van der Waals surface area contributed by atoms with Crippen LogP contribution in [0.15, 0.2) is 60.7 Å². The lowest BCUT2D eigenvalue weighted by Crippen LogP contribution is -2.45. The number of para-hydroxylation sites is 2. The minimum Gasteiger partial charge on any atom is -0.481 e. The van der Waals surface area contributed by atoms with Crippen LogP contribution in [0.25, 0.3) is 0 Å². The number of benzene rings is 2. The van der Waals surface area contributed by atoms with Gasteiger partial charge >= 0.3 is 0 Å². The van der Waals surface area contributed by atoms with E-state index in [-0.39, 0.29) is 11.8 Å². The Hall–Kier alpha value is -3.02. The summed E-state index contributed by atoms with van der Waals surface area (Å²) in [6.45, 7) is 5.73. The Balaban J connectivity index is 1.52. The highest BCUT2D eigenvalue weighted by molar-refractivity contribution is 5.82. The molecule has 6 heteroatoms. The fraction of sp³-hybridized carbons (Fsp3) is 0.391. The van der Waals surface area contributed by atoms with Crippen molar-refractivity contribution in [2.45, 2.75) is 32.5 Å². The third kappa shape index (κ3) is 5.73. The lowest BCUT2D eigenvalue weighted by molar-refractivity contribution is -0.140. The number of amides is 2. The van der Waals surface area contributed by atoms with Gasteiger partial charge in [-0.05, 0) is 44.5 Å². The third-order valence-electron chi connectivity index (χ3n) is 4.93. The summed E-state index contributed by atoms with van der Waals surface area (Å²) in [6.07, 6.45) is -0.409. The molecule has 1 fully saturated rings. The summed E-state index contributed by atoms with van der Waals surface area (Å²) in [6, 6.07) is 18.6. The fourth-order valence-electron chi connectivity index (χ4n) is 3.38. The predicted molar refractivity (Wildman–Crippen MR) is 111 cm³/mol. The molecule has 0 aromatic heterocycles. The van der Waals surface area contributed by atoms with E-state index in [1.807, 2.05) is 60.7 Å². The molecule has 1 aliphatic heterocycles. The molecule has 2 atom stereocenters. The van der Waals surface area contributed by atoms with Crippen molar-refractivity contribution in [1.29, 1.82) is 0 Å². The molecule has 1 heterocycles. The molecule has 0 saturated carbocycles. The summed E-state index contributed by atoms with van der Waals surface area (Å²) in [5.74, 6) is 1.23. The van der Waals surface area contributed by atoms with Crippen LogP contribution in [0, 0.1) is 0 Å². The van der Waals surface area contributed by atoms with Crippen LogP contribution in [0.1, 0.15) is 20.3 Å². The van der Waals surface area contributed by atoms with E-state index in [9.17, 15) is 9.59 Å². The summed E-state index contributed by atoms with van der Waals surface area (Å²) in [5.41, 5.74) is 0. The summed E-state index contributed by atoms with van der Waals surface area (Å²) in [7, 11) is 0. The number of hydrogen-bond donors (Lipinski definition) is 0. The number of rotatable bonds is 6. The third-order valence-corrected chi connectivity index (χ3v) is 4.93. The molecule has 1 saturated heterocycles. The van der Waals surface area contributed by atoms with Crippen LogP contribution in [0.5, 0.6) is 11.5 Å². The number of ether oxygens (including phenoxy) is 2. The maximum absolute atomic E-state index is 12.8. The van der Waals surface area contributed by atoms with Crippen molar-refractivity contribution in [2.75, 3.05) is 26.2 Å². The smallest absolute Gasteiger partial charge is 0.263 e. The quantitative estimate of drug-likeness (QED) is 0.753. The van der Waals surface area contributed by atoms with Crippen molar-refractivity contribution in [3.8, 4) is 11.5 Å². The first-order valence-electron chi connectivity index (χ1n) is 10.1. The van der Waals surface area contributed by atoms with Gasteiger partial charge in [-0.3, -0.25) is 9.59 Å². The second kappa shape index (κ2) is 9.96. The van der Waals surface area contributed by atoms with Crippen molar-refractivity contribution < 1.29 is 19.1 Å². The number of hydrogen-bond acceptors (Lipinski definition) is 4. The molecule has 6 nitrogen and oxygen atoms in total. The highest BCUT2D eigenvalue weighted by Gasteiger charge is 2.28. The Kier molecular flexibility index (Phi) is 7.11. The van der Waals surface area contributed by atoms with Crippen LogP contribution in [0.3, 0.4) is 0 Å². The Morgan fingerprint density at radius 3 is 1.45 bits per heavy atom. The first kappa shape index (κ1) is 20.7. The van der Waals surface area contributed by atoms with E-state index in [4.69, 9.17) is 9.47 Å². The number of carbonyl (C=O) groups excluding carboxylic acids is 2. The van der Waals surface area contributed by atoms with Crippen LogP contribution in [0.2, 0.25) is 0 Å². The maximum Gasteiger partial charge on any atom is 0.263 e. The van der Waals surface area contributed by atoms with Crippen molar-refractivity contribution in [2.24, 2.45) is 0 Å². The highest BCUT2D eigenvalue weighted by atomic mass is 16.5. The van der Waals surface area contributed by atoms with Gasteiger partial charge in [-0.15, -0.1) is 0 Å². The van der Waals surface area contributed by atoms with Gasteiger partial charge in [0, 0.05) is 26.2 Å². The van der Waals surface area contributed by atoms with Gasteiger partial charge in [-0.25, -0.2) is 0 Å². The molecule has 2 unspecified atom stereocenters. The zero-order valence-electron chi connectivity index (χ0n) is 17.0. The summed E-state index contributed by atoms with van der Waals surface area (Å²) < 4.78 is 11.5. The largest absolute Gasteiger partial charge is 0.481 e. The van der Waals surface area contributed by atoms with Gasteiger partial charge in [-0.2, -0.15) is 0 Å². The lowest BCUT2D eigenvalue weighted by Gasteiger charge is -2.26. The standard InChI is InChI=1S/C23H28N2O4/c1-18(28-20-10-5-3-6-11-20)22(26)24-14-9-15-25(17-16-24)23(27)19(2)29-21-12-7-4-8-13-21/h3-8,10-13,18-19H,9,14-17H2,1-2H3. The van der Waals surface area contributed by atoms with Gasteiger partial charge in [0.1, 0.15) is 11.5 Å². The SMILES string of the molecule is CC(Oc1ccccc1)C(=O)N1CCCN(C(=O)C(C)Oc2ccccc2)CC1. The topological polar surface area (TPSA) is 59.1 Å². The van der Waals surface area contributed by atoms with Gasteiger partial charge in [0.15, 0.2) is 12.2 Å². The van der Waals surface area contributed by atoms with Crippen LogP contribution in [0.4, 0.5) is 0 Å². The molecule has 154 valence electrons. The molecule has 2 amide bonds. The molecule has 0 bridgehead atoms. The normalized spacial score (nSPS) is 16.5. The molecule has 0 spiro atoms. The number of carbonyl (C=O) groups is 2. The molecular formula is C23H28N2O4. The van der Waals surface area contributed by atoms with Crippen LogP contribution in [-0.2, 0) is 9.59 Å². The first-order valence-corrected chi connectivity index (χ1v) is 10.1. The molecule has 1 aliphatic rings. The molecule has 2 aromatic rings. The van der Waals surface area contributed by atoms with Crippen molar-refractivity contribution in [1.82, 2.24) is 9.80 Å². The van der Waals surface area contributed by atoms with E-state index in [2.05, 4.69) is 0 Å². The molecule has 2 aromatic carbocycles. The fourth-order valence-corrected chi connectivity index (χ4v) is 3.38. The van der Waals surface area contributed by atoms with E-state index < -0.39 is 12.2 Å². The summed E-state index contributed by atoms with van der Waals surface area (Å²) >= 11 is 0. The summed E-state index contributed by atoms with van der Waals surface area (Å²) in [5, 5.41) is 0. The lowest BCUT2D eigenvalue weighted by atomic mass is 10.3. The summed E-state index contributed by atoms with van der Waals surface area (Å²) in [4.78, 5) is 29.1. The maximum atomic E-state index is 12.8. The van der Waals surface area contributed by atoms with Gasteiger partial charge in [0.2, 0.25) is 0 Å².